The molecule has 0 unspecified atom stereocenters. The molecule has 0 saturated carbocycles. The molecule has 1 heterocycles. The molecule has 0 aliphatic heterocycles. The summed E-state index contributed by atoms with van der Waals surface area (Å²) in [7, 11) is 0. The Balaban J connectivity index is 0.00000497. The van der Waals surface area contributed by atoms with Crippen molar-refractivity contribution < 1.29 is 21.5 Å². The van der Waals surface area contributed by atoms with Crippen molar-refractivity contribution in [3.8, 4) is 11.4 Å². The Labute approximate surface area is 334 Å². The maximum Gasteiger partial charge on any atom is 0.254 e. The van der Waals surface area contributed by atoms with Crippen molar-refractivity contribution in [1.82, 2.24) is 4.57 Å². The maximum atomic E-state index is 2.51. The molecule has 0 fully saturated rings. The zero-order valence-electron chi connectivity index (χ0n) is 33.0. The van der Waals surface area contributed by atoms with E-state index in [2.05, 4.69) is 216 Å². The summed E-state index contributed by atoms with van der Waals surface area (Å²) in [6.45, 7) is 18.6. The standard InChI is InChI=1S/C51H53N2.BrH/c1-34-29-46(36(3)42-21-13-9-14-22-42)50(47(30-34)37(4)43-23-15-10-16-24-43)52-33-53(41(8)40(52)7)51-48(38(5)44-25-17-11-18-26-44)31-35(2)32-49(51)39(6)45-27-19-12-20-28-45;/h9-33,36-39H,1-8H3;1H/q+1;/p-1/t36-,37-,38-,39-;/m1./s1. The summed E-state index contributed by atoms with van der Waals surface area (Å²) in [5.41, 5.74) is 18.3. The molecule has 54 heavy (non-hydrogen) atoms. The topological polar surface area (TPSA) is 8.81 Å². The Hall–Kier alpha value is -4.99. The molecular weight excluding hydrogens is 720 g/mol. The van der Waals surface area contributed by atoms with Gasteiger partial charge >= 0.3 is 0 Å². The first-order valence-electron chi connectivity index (χ1n) is 19.2. The van der Waals surface area contributed by atoms with Crippen LogP contribution >= 0.6 is 0 Å². The van der Waals surface area contributed by atoms with Crippen LogP contribution in [0, 0.1) is 27.7 Å². The van der Waals surface area contributed by atoms with Crippen LogP contribution < -0.4 is 21.5 Å². The predicted octanol–water partition coefficient (Wildman–Crippen LogP) is 9.60. The molecular formula is C51H53BrN2. The number of benzene rings is 6. The Kier molecular flexibility index (Phi) is 11.9. The van der Waals surface area contributed by atoms with Gasteiger partial charge in [-0.05, 0) is 36.1 Å². The fraction of sp³-hybridized carbons (Fsp3) is 0.235. The molecule has 7 rings (SSSR count). The van der Waals surface area contributed by atoms with Gasteiger partial charge < -0.3 is 17.0 Å². The van der Waals surface area contributed by atoms with Crippen LogP contribution in [0.15, 0.2) is 152 Å². The van der Waals surface area contributed by atoms with E-state index in [1.54, 1.807) is 0 Å². The summed E-state index contributed by atoms with van der Waals surface area (Å²) in [6.07, 6.45) is 2.39. The van der Waals surface area contributed by atoms with Crippen LogP contribution in [0.3, 0.4) is 0 Å². The highest BCUT2D eigenvalue weighted by Crippen LogP contribution is 2.40. The first-order valence-corrected chi connectivity index (χ1v) is 19.2. The lowest BCUT2D eigenvalue weighted by molar-refractivity contribution is -0.602. The number of imidazole rings is 1. The molecule has 0 bridgehead atoms. The molecule has 0 N–H and O–H groups in total. The third-order valence-corrected chi connectivity index (χ3v) is 11.6. The molecule has 6 aromatic carbocycles. The van der Waals surface area contributed by atoms with E-state index in [1.165, 1.54) is 78.4 Å². The summed E-state index contributed by atoms with van der Waals surface area (Å²) in [5.74, 6) is 0.797. The molecule has 0 aliphatic carbocycles. The highest BCUT2D eigenvalue weighted by atomic mass is 79.9. The Morgan fingerprint density at radius 3 is 1.06 bits per heavy atom. The molecule has 1 aromatic heterocycles. The van der Waals surface area contributed by atoms with Gasteiger partial charge in [0.15, 0.2) is 0 Å². The minimum Gasteiger partial charge on any atom is -1.00 e. The Morgan fingerprint density at radius 2 is 0.722 bits per heavy atom. The van der Waals surface area contributed by atoms with Crippen LogP contribution in [0.2, 0.25) is 0 Å². The molecule has 0 spiro atoms. The first kappa shape index (κ1) is 38.7. The lowest BCUT2D eigenvalue weighted by Gasteiger charge is -2.23. The molecule has 7 aromatic rings. The van der Waals surface area contributed by atoms with Crippen LogP contribution in [0.4, 0.5) is 0 Å². The quantitative estimate of drug-likeness (QED) is 0.123. The fourth-order valence-electron chi connectivity index (χ4n) is 8.32. The molecule has 0 aliphatic rings. The highest BCUT2D eigenvalue weighted by Gasteiger charge is 2.32. The van der Waals surface area contributed by atoms with E-state index >= 15 is 0 Å². The van der Waals surface area contributed by atoms with Gasteiger partial charge in [0.1, 0.15) is 22.8 Å². The smallest absolute Gasteiger partial charge is 0.254 e. The molecule has 2 nitrogen and oxygen atoms in total. The second kappa shape index (κ2) is 16.6. The minimum atomic E-state index is 0. The monoisotopic (exact) mass is 772 g/mol. The Bertz CT molecular complexity index is 2030. The van der Waals surface area contributed by atoms with Crippen molar-refractivity contribution in [1.29, 1.82) is 0 Å². The summed E-state index contributed by atoms with van der Waals surface area (Å²) in [5, 5.41) is 0. The lowest BCUT2D eigenvalue weighted by atomic mass is 9.84. The van der Waals surface area contributed by atoms with E-state index in [0.717, 1.165) is 0 Å². The normalized spacial score (nSPS) is 13.5. The SMILES string of the molecule is Cc1cc([C@H](C)c2ccccc2)c(-n2c[n+](-c3c([C@H](C)c4ccccc4)cc(C)cc3[C@H](C)c3ccccc3)c(C)c2C)c([C@H](C)c2ccccc2)c1.[Br-]. The maximum absolute atomic E-state index is 2.51. The minimum absolute atomic E-state index is 0. The number of hydrogen-bond acceptors (Lipinski definition) is 0. The van der Waals surface area contributed by atoms with Gasteiger partial charge in [-0.2, -0.15) is 9.13 Å². The predicted molar refractivity (Wildman–Crippen MR) is 222 cm³/mol. The summed E-state index contributed by atoms with van der Waals surface area (Å²) in [6, 6.07) is 53.6. The highest BCUT2D eigenvalue weighted by molar-refractivity contribution is 5.59. The molecule has 274 valence electrons. The molecule has 0 saturated heterocycles. The van der Waals surface area contributed by atoms with E-state index < -0.39 is 0 Å². The van der Waals surface area contributed by atoms with Crippen molar-refractivity contribution in [2.45, 2.75) is 79.1 Å². The van der Waals surface area contributed by atoms with Crippen molar-refractivity contribution in [2.75, 3.05) is 0 Å². The summed E-state index contributed by atoms with van der Waals surface area (Å²) in [4.78, 5) is 0. The van der Waals surface area contributed by atoms with Gasteiger partial charge in [-0.25, -0.2) is 0 Å². The molecule has 0 radical (unpaired) electrons. The average molecular weight is 774 g/mol. The molecule has 3 heteroatoms. The van der Waals surface area contributed by atoms with Gasteiger partial charge in [0.2, 0.25) is 0 Å². The van der Waals surface area contributed by atoms with Crippen molar-refractivity contribution in [2.24, 2.45) is 0 Å². The average Bonchev–Trinajstić information content (AvgIpc) is 3.49. The van der Waals surface area contributed by atoms with Crippen LogP contribution in [0.25, 0.3) is 11.4 Å². The number of nitrogens with zero attached hydrogens (tertiary/aromatic N) is 2. The number of halogens is 1. The van der Waals surface area contributed by atoms with E-state index in [-0.39, 0.29) is 40.7 Å². The van der Waals surface area contributed by atoms with Gasteiger partial charge in [0.25, 0.3) is 6.33 Å². The van der Waals surface area contributed by atoms with Crippen LogP contribution in [0.5, 0.6) is 0 Å². The van der Waals surface area contributed by atoms with Crippen LogP contribution in [-0.4, -0.2) is 4.57 Å². The van der Waals surface area contributed by atoms with Crippen molar-refractivity contribution >= 4 is 0 Å². The summed E-state index contributed by atoms with van der Waals surface area (Å²) >= 11 is 0. The zero-order chi connectivity index (χ0) is 37.2. The van der Waals surface area contributed by atoms with Crippen LogP contribution in [-0.2, 0) is 0 Å². The van der Waals surface area contributed by atoms with Gasteiger partial charge in [-0.3, -0.25) is 0 Å². The lowest BCUT2D eigenvalue weighted by Crippen LogP contribution is -3.00. The van der Waals surface area contributed by atoms with Crippen molar-refractivity contribution in [3.63, 3.8) is 0 Å². The number of aromatic nitrogens is 2. The third-order valence-electron chi connectivity index (χ3n) is 11.6. The molecule has 4 atom stereocenters. The van der Waals surface area contributed by atoms with E-state index in [9.17, 15) is 0 Å². The number of hydrogen-bond donors (Lipinski definition) is 0. The van der Waals surface area contributed by atoms with Gasteiger partial charge in [-0.15, -0.1) is 0 Å². The van der Waals surface area contributed by atoms with E-state index in [0.29, 0.717) is 0 Å². The second-order valence-electron chi connectivity index (χ2n) is 15.1. The van der Waals surface area contributed by atoms with Crippen LogP contribution in [0.1, 0.15) is 118 Å². The van der Waals surface area contributed by atoms with Gasteiger partial charge in [-0.1, -0.05) is 184 Å². The molecule has 0 amide bonds. The third kappa shape index (κ3) is 7.52. The number of rotatable bonds is 10. The van der Waals surface area contributed by atoms with Crippen molar-refractivity contribution in [3.05, 3.63) is 219 Å². The first-order chi connectivity index (χ1) is 25.6. The number of aryl methyl sites for hydroxylation is 2. The summed E-state index contributed by atoms with van der Waals surface area (Å²) < 4.78 is 5.01. The zero-order valence-corrected chi connectivity index (χ0v) is 34.6. The largest absolute Gasteiger partial charge is 1.00 e. The van der Waals surface area contributed by atoms with E-state index in [4.69, 9.17) is 0 Å². The fourth-order valence-corrected chi connectivity index (χ4v) is 8.32. The Morgan fingerprint density at radius 1 is 0.426 bits per heavy atom. The van der Waals surface area contributed by atoms with E-state index in [1.807, 2.05) is 0 Å². The van der Waals surface area contributed by atoms with Gasteiger partial charge in [0, 0.05) is 59.8 Å². The van der Waals surface area contributed by atoms with Gasteiger partial charge in [0.05, 0.1) is 0 Å². The second-order valence-corrected chi connectivity index (χ2v) is 15.1.